The Bertz CT molecular complexity index is 642. The molecule has 3 aliphatic rings. The Kier molecular flexibility index (Phi) is 4.53. The van der Waals surface area contributed by atoms with E-state index < -0.39 is 0 Å². The van der Waals surface area contributed by atoms with Crippen LogP contribution in [-0.4, -0.2) is 52.4 Å². The normalized spacial score (nSPS) is 26.0. The lowest BCUT2D eigenvalue weighted by molar-refractivity contribution is -0.143. The molecule has 2 saturated heterocycles. The summed E-state index contributed by atoms with van der Waals surface area (Å²) < 4.78 is 0. The predicted molar refractivity (Wildman–Crippen MR) is 95.9 cm³/mol. The van der Waals surface area contributed by atoms with Crippen LogP contribution in [0.3, 0.4) is 0 Å². The van der Waals surface area contributed by atoms with Gasteiger partial charge in [0.25, 0.3) is 0 Å². The van der Waals surface area contributed by atoms with Crippen molar-refractivity contribution >= 4 is 23.6 Å². The van der Waals surface area contributed by atoms with E-state index in [1.54, 1.807) is 11.8 Å². The van der Waals surface area contributed by atoms with E-state index in [-0.39, 0.29) is 17.9 Å². The molecule has 2 fully saturated rings. The van der Waals surface area contributed by atoms with Gasteiger partial charge in [0.05, 0.1) is 5.88 Å². The van der Waals surface area contributed by atoms with Crippen molar-refractivity contribution in [3.8, 4) is 0 Å². The molecular weight excluding hydrogens is 320 g/mol. The smallest absolute Gasteiger partial charge is 0.246 e. The van der Waals surface area contributed by atoms with Crippen molar-refractivity contribution in [3.05, 3.63) is 35.4 Å². The van der Waals surface area contributed by atoms with Gasteiger partial charge in [-0.2, -0.15) is 0 Å². The molecule has 0 aromatic heterocycles. The topological polar surface area (TPSA) is 40.6 Å². The number of carbonyl (C=O) groups excluding carboxylic acids is 2. The summed E-state index contributed by atoms with van der Waals surface area (Å²) in [7, 11) is 0. The van der Waals surface area contributed by atoms with E-state index in [4.69, 9.17) is 0 Å². The maximum atomic E-state index is 12.9. The molecule has 2 amide bonds. The van der Waals surface area contributed by atoms with Crippen LogP contribution in [0.2, 0.25) is 0 Å². The summed E-state index contributed by atoms with van der Waals surface area (Å²) in [5.74, 6) is 2.46. The number of likely N-dealkylation sites (tertiary alicyclic amines) is 1. The number of amides is 2. The third-order valence-electron chi connectivity index (χ3n) is 5.60. The van der Waals surface area contributed by atoms with Crippen LogP contribution < -0.4 is 0 Å². The lowest BCUT2D eigenvalue weighted by Crippen LogP contribution is -2.47. The molecule has 0 radical (unpaired) electrons. The number of benzene rings is 1. The summed E-state index contributed by atoms with van der Waals surface area (Å²) in [6.07, 6.45) is 4.45. The van der Waals surface area contributed by atoms with Crippen LogP contribution in [0.4, 0.5) is 0 Å². The molecule has 2 heterocycles. The van der Waals surface area contributed by atoms with Crippen molar-refractivity contribution in [1.82, 2.24) is 9.80 Å². The van der Waals surface area contributed by atoms with Gasteiger partial charge in [-0.25, -0.2) is 0 Å². The van der Waals surface area contributed by atoms with Gasteiger partial charge in [-0.3, -0.25) is 9.59 Å². The lowest BCUT2D eigenvalue weighted by atomic mass is 9.97. The fourth-order valence-corrected chi connectivity index (χ4v) is 5.26. The van der Waals surface area contributed by atoms with Crippen molar-refractivity contribution in [2.75, 3.05) is 24.7 Å². The van der Waals surface area contributed by atoms with E-state index in [0.717, 1.165) is 50.4 Å². The van der Waals surface area contributed by atoms with Gasteiger partial charge in [0.2, 0.25) is 11.8 Å². The highest BCUT2D eigenvalue weighted by Gasteiger charge is 2.38. The summed E-state index contributed by atoms with van der Waals surface area (Å²) >= 11 is 1.80. The first-order valence-electron chi connectivity index (χ1n) is 8.98. The van der Waals surface area contributed by atoms with Crippen molar-refractivity contribution in [2.45, 2.75) is 44.1 Å². The van der Waals surface area contributed by atoms with Crippen LogP contribution in [0.15, 0.2) is 24.3 Å². The Balaban J connectivity index is 1.43. The average Bonchev–Trinajstić information content (AvgIpc) is 3.35. The van der Waals surface area contributed by atoms with Gasteiger partial charge in [0.1, 0.15) is 6.04 Å². The first-order chi connectivity index (χ1) is 11.7. The molecule has 0 saturated carbocycles. The number of rotatable bonds is 3. The molecule has 5 heteroatoms. The molecule has 4 rings (SSSR count). The van der Waals surface area contributed by atoms with Crippen LogP contribution >= 0.6 is 11.8 Å². The molecule has 0 N–H and O–H groups in total. The maximum absolute atomic E-state index is 12.9. The Morgan fingerprint density at radius 3 is 2.88 bits per heavy atom. The maximum Gasteiger partial charge on any atom is 0.246 e. The summed E-state index contributed by atoms with van der Waals surface area (Å²) in [5, 5.41) is 0. The van der Waals surface area contributed by atoms with Crippen LogP contribution in [0.25, 0.3) is 0 Å². The van der Waals surface area contributed by atoms with Gasteiger partial charge in [0, 0.05) is 25.3 Å². The van der Waals surface area contributed by atoms with E-state index in [9.17, 15) is 9.59 Å². The zero-order valence-electron chi connectivity index (χ0n) is 13.9. The highest BCUT2D eigenvalue weighted by Crippen LogP contribution is 2.36. The lowest BCUT2D eigenvalue weighted by Gasteiger charge is -2.28. The first-order valence-corrected chi connectivity index (χ1v) is 10.1. The summed E-state index contributed by atoms with van der Waals surface area (Å²) in [4.78, 5) is 29.4. The van der Waals surface area contributed by atoms with Gasteiger partial charge in [-0.15, -0.1) is 11.8 Å². The number of fused-ring (bicyclic) bond motifs is 1. The van der Waals surface area contributed by atoms with Crippen LogP contribution in [0.5, 0.6) is 0 Å². The van der Waals surface area contributed by atoms with Crippen LogP contribution in [0.1, 0.15) is 42.7 Å². The molecule has 2 aliphatic heterocycles. The quantitative estimate of drug-likeness (QED) is 0.846. The standard InChI is InChI=1S/C19H24N2O2S/c22-18(12-15-8-7-14-4-1-2-5-16(14)15)21-9-3-6-17(21)19(23)20-10-11-24-13-20/h1-2,4-5,15,17H,3,6-13H2/t15?,17-/m0/s1. The molecule has 1 aromatic carbocycles. The highest BCUT2D eigenvalue weighted by molar-refractivity contribution is 7.99. The molecule has 0 spiro atoms. The molecule has 2 atom stereocenters. The third kappa shape index (κ3) is 2.94. The molecule has 1 unspecified atom stereocenters. The molecule has 4 nitrogen and oxygen atoms in total. The highest BCUT2D eigenvalue weighted by atomic mass is 32.2. The van der Waals surface area contributed by atoms with Crippen LogP contribution in [0, 0.1) is 0 Å². The first kappa shape index (κ1) is 16.0. The predicted octanol–water partition coefficient (Wildman–Crippen LogP) is 2.63. The van der Waals surface area contributed by atoms with Crippen molar-refractivity contribution in [1.29, 1.82) is 0 Å². The zero-order valence-corrected chi connectivity index (χ0v) is 14.8. The Morgan fingerprint density at radius 1 is 1.17 bits per heavy atom. The molecular formula is C19H24N2O2S. The number of hydrogen-bond donors (Lipinski definition) is 0. The second-order valence-electron chi connectivity index (χ2n) is 7.02. The molecule has 0 bridgehead atoms. The van der Waals surface area contributed by atoms with Crippen LogP contribution in [-0.2, 0) is 16.0 Å². The van der Waals surface area contributed by atoms with E-state index in [0.29, 0.717) is 12.3 Å². The van der Waals surface area contributed by atoms with Gasteiger partial charge in [0.15, 0.2) is 0 Å². The van der Waals surface area contributed by atoms with E-state index in [1.165, 1.54) is 11.1 Å². The number of carbonyl (C=O) groups is 2. The van der Waals surface area contributed by atoms with Crippen molar-refractivity contribution in [3.63, 3.8) is 0 Å². The Hall–Kier alpha value is -1.49. The largest absolute Gasteiger partial charge is 0.331 e. The minimum Gasteiger partial charge on any atom is -0.331 e. The fraction of sp³-hybridized carbons (Fsp3) is 0.579. The Labute approximate surface area is 147 Å². The second-order valence-corrected chi connectivity index (χ2v) is 8.10. The average molecular weight is 344 g/mol. The van der Waals surface area contributed by atoms with E-state index in [2.05, 4.69) is 24.3 Å². The fourth-order valence-electron chi connectivity index (χ4n) is 4.31. The van der Waals surface area contributed by atoms with Gasteiger partial charge < -0.3 is 9.80 Å². The zero-order chi connectivity index (χ0) is 16.5. The second kappa shape index (κ2) is 6.79. The van der Waals surface area contributed by atoms with E-state index >= 15 is 0 Å². The molecule has 1 aliphatic carbocycles. The third-order valence-corrected chi connectivity index (χ3v) is 6.57. The van der Waals surface area contributed by atoms with Gasteiger partial charge in [-0.1, -0.05) is 24.3 Å². The summed E-state index contributed by atoms with van der Waals surface area (Å²) in [5.41, 5.74) is 2.72. The molecule has 24 heavy (non-hydrogen) atoms. The number of thioether (sulfide) groups is 1. The Morgan fingerprint density at radius 2 is 2.04 bits per heavy atom. The summed E-state index contributed by atoms with van der Waals surface area (Å²) in [6.45, 7) is 1.57. The van der Waals surface area contributed by atoms with Gasteiger partial charge in [-0.05, 0) is 42.7 Å². The van der Waals surface area contributed by atoms with Crippen molar-refractivity contribution < 1.29 is 9.59 Å². The van der Waals surface area contributed by atoms with Crippen molar-refractivity contribution in [2.24, 2.45) is 0 Å². The minimum atomic E-state index is -0.215. The van der Waals surface area contributed by atoms with Gasteiger partial charge >= 0.3 is 0 Å². The number of nitrogens with zero attached hydrogens (tertiary/aromatic N) is 2. The summed E-state index contributed by atoms with van der Waals surface area (Å²) in [6, 6.07) is 8.26. The van der Waals surface area contributed by atoms with E-state index in [1.807, 2.05) is 9.80 Å². The number of aryl methyl sites for hydroxylation is 1. The number of hydrogen-bond acceptors (Lipinski definition) is 3. The molecule has 128 valence electrons. The SMILES string of the molecule is O=C([C@@H]1CCCN1C(=O)CC1CCc2ccccc21)N1CCSC1. The monoisotopic (exact) mass is 344 g/mol. The molecule has 1 aromatic rings. The minimum absolute atomic E-state index is 0.165.